The Morgan fingerprint density at radius 1 is 1.11 bits per heavy atom. The zero-order valence-electron chi connectivity index (χ0n) is 28.2. The molecule has 250 valence electrons. The number of hydrogen-bond donors (Lipinski definition) is 2. The van der Waals surface area contributed by atoms with Crippen LogP contribution in [0, 0.1) is 11.7 Å². The molecule has 10 nitrogen and oxygen atoms in total. The van der Waals surface area contributed by atoms with E-state index in [0.717, 1.165) is 58.2 Å². The van der Waals surface area contributed by atoms with Crippen molar-refractivity contribution in [2.24, 2.45) is 15.9 Å². The third-order valence-corrected chi connectivity index (χ3v) is 8.29. The first-order valence-electron chi connectivity index (χ1n) is 16.2. The predicted octanol–water partition coefficient (Wildman–Crippen LogP) is 5.78. The van der Waals surface area contributed by atoms with E-state index in [1.807, 2.05) is 41.5 Å². The summed E-state index contributed by atoms with van der Waals surface area (Å²) in [5.41, 5.74) is -0.352. The minimum absolute atomic E-state index is 0.0556. The van der Waals surface area contributed by atoms with Gasteiger partial charge in [-0.1, -0.05) is 0 Å². The molecule has 1 saturated carbocycles. The Morgan fingerprint density at radius 3 is 2.31 bits per heavy atom. The second-order valence-electron chi connectivity index (χ2n) is 13.3. The largest absolute Gasteiger partial charge is 0.451 e. The molecule has 45 heavy (non-hydrogen) atoms. The van der Waals surface area contributed by atoms with Crippen molar-refractivity contribution >= 4 is 24.6 Å². The molecule has 3 rings (SSSR count). The molecule has 0 spiro atoms. The first-order valence-corrected chi connectivity index (χ1v) is 16.2. The van der Waals surface area contributed by atoms with Crippen LogP contribution < -0.4 is 15.4 Å². The molecule has 0 bridgehead atoms. The van der Waals surface area contributed by atoms with Crippen LogP contribution in [-0.2, 0) is 4.74 Å². The normalized spacial score (nSPS) is 20.5. The van der Waals surface area contributed by atoms with Crippen molar-refractivity contribution in [2.45, 2.75) is 104 Å². The van der Waals surface area contributed by atoms with E-state index in [0.29, 0.717) is 24.1 Å². The highest BCUT2D eigenvalue weighted by atomic mass is 19.1. The molecule has 0 aromatic heterocycles. The number of ether oxygens (including phenoxy) is 2. The SMILES string of the molecule is C=N/C=C(Oc1ccc(F)cc1C(=O)N(CC)C(C)C)\C(=N/C)NC1CCN(C[C@H]2CC[C@H](NC(=O)OC(C)(C)C)CC2)CC1. The standard InChI is InChI=1S/C34H53FN6O4/c1-9-41(23(2)3)32(42)28-20-25(35)12-15-29(28)44-30(21-36-7)31(37-8)38-27-16-18-40(19-17-27)22-24-10-13-26(14-11-24)39-33(43)45-34(4,5)6/h12,15,20-21,23-24,26-27H,7,9-11,13-14,16-19,22H2,1-6,8H3,(H,37,38)(H,39,43)/b30-21+/t24-,26-. The smallest absolute Gasteiger partial charge is 0.407 e. The van der Waals surface area contributed by atoms with Crippen molar-refractivity contribution < 1.29 is 23.5 Å². The van der Waals surface area contributed by atoms with Crippen LogP contribution in [0.1, 0.15) is 90.4 Å². The number of rotatable bonds is 11. The van der Waals surface area contributed by atoms with Crippen LogP contribution in [0.5, 0.6) is 5.75 Å². The molecule has 0 atom stereocenters. The van der Waals surface area contributed by atoms with Crippen molar-refractivity contribution in [2.75, 3.05) is 33.2 Å². The number of piperidine rings is 1. The Kier molecular flexibility index (Phi) is 13.4. The van der Waals surface area contributed by atoms with E-state index in [1.165, 1.54) is 24.4 Å². The number of alkyl carbamates (subject to hydrolysis) is 1. The zero-order valence-corrected chi connectivity index (χ0v) is 28.2. The summed E-state index contributed by atoms with van der Waals surface area (Å²) in [6, 6.07) is 4.23. The minimum Gasteiger partial charge on any atom is -0.451 e. The average Bonchev–Trinajstić information content (AvgIpc) is 2.97. The number of nitrogens with one attached hydrogen (secondary N) is 2. The number of amides is 2. The summed E-state index contributed by atoms with van der Waals surface area (Å²) in [5.74, 6) is 0.820. The lowest BCUT2D eigenvalue weighted by molar-refractivity contribution is 0.0482. The number of hydrogen-bond acceptors (Lipinski definition) is 7. The number of carbonyl (C=O) groups excluding carboxylic acids is 2. The second-order valence-corrected chi connectivity index (χ2v) is 13.3. The number of nitrogens with zero attached hydrogens (tertiary/aromatic N) is 4. The lowest BCUT2D eigenvalue weighted by Gasteiger charge is -2.37. The molecule has 0 radical (unpaired) electrons. The van der Waals surface area contributed by atoms with Crippen LogP contribution in [0.15, 0.2) is 40.1 Å². The lowest BCUT2D eigenvalue weighted by atomic mass is 9.85. The van der Waals surface area contributed by atoms with Crippen LogP contribution in [0.3, 0.4) is 0 Å². The van der Waals surface area contributed by atoms with Crippen LogP contribution >= 0.6 is 0 Å². The fourth-order valence-electron chi connectivity index (χ4n) is 6.02. The molecule has 2 N–H and O–H groups in total. The molecule has 1 saturated heterocycles. The van der Waals surface area contributed by atoms with E-state index >= 15 is 0 Å². The molecule has 2 aliphatic rings. The second kappa shape index (κ2) is 16.7. The fourth-order valence-corrected chi connectivity index (χ4v) is 6.02. The van der Waals surface area contributed by atoms with Crippen LogP contribution in [0.25, 0.3) is 0 Å². The van der Waals surface area contributed by atoms with Gasteiger partial charge in [0.25, 0.3) is 5.91 Å². The van der Waals surface area contributed by atoms with Crippen molar-refractivity contribution in [3.05, 3.63) is 41.5 Å². The molecule has 2 amide bonds. The topological polar surface area (TPSA) is 108 Å². The van der Waals surface area contributed by atoms with Crippen molar-refractivity contribution in [1.29, 1.82) is 0 Å². The Bertz CT molecular complexity index is 1210. The van der Waals surface area contributed by atoms with E-state index in [4.69, 9.17) is 9.47 Å². The quantitative estimate of drug-likeness (QED) is 0.183. The van der Waals surface area contributed by atoms with Gasteiger partial charge < -0.3 is 29.9 Å². The predicted molar refractivity (Wildman–Crippen MR) is 178 cm³/mol. The third-order valence-electron chi connectivity index (χ3n) is 8.29. The van der Waals surface area contributed by atoms with E-state index in [2.05, 4.69) is 32.2 Å². The molecule has 2 fully saturated rings. The number of amidine groups is 1. The van der Waals surface area contributed by atoms with Gasteiger partial charge in [-0.25, -0.2) is 9.18 Å². The first-order chi connectivity index (χ1) is 21.3. The summed E-state index contributed by atoms with van der Waals surface area (Å²) >= 11 is 0. The lowest BCUT2D eigenvalue weighted by Crippen LogP contribution is -2.47. The summed E-state index contributed by atoms with van der Waals surface area (Å²) < 4.78 is 25.9. The molecule has 0 unspecified atom stereocenters. The Morgan fingerprint density at radius 2 is 1.76 bits per heavy atom. The third kappa shape index (κ3) is 11.1. The maximum Gasteiger partial charge on any atom is 0.407 e. The number of carbonyl (C=O) groups is 2. The monoisotopic (exact) mass is 628 g/mol. The number of aliphatic imine (C=N–C) groups is 2. The summed E-state index contributed by atoms with van der Waals surface area (Å²) in [5, 5.41) is 6.54. The van der Waals surface area contributed by atoms with Gasteiger partial charge in [-0.3, -0.25) is 14.8 Å². The van der Waals surface area contributed by atoms with Crippen molar-refractivity contribution in [1.82, 2.24) is 20.4 Å². The molecule has 11 heteroatoms. The molecular formula is C34H53FN6O4. The van der Waals surface area contributed by atoms with E-state index in [9.17, 15) is 14.0 Å². The maximum absolute atomic E-state index is 14.3. The van der Waals surface area contributed by atoms with E-state index in [-0.39, 0.29) is 41.4 Å². The van der Waals surface area contributed by atoms with Crippen molar-refractivity contribution in [3.63, 3.8) is 0 Å². The van der Waals surface area contributed by atoms with Crippen LogP contribution in [-0.4, -0.2) is 91.3 Å². The highest BCUT2D eigenvalue weighted by Gasteiger charge is 2.29. The van der Waals surface area contributed by atoms with E-state index < -0.39 is 11.4 Å². The van der Waals surface area contributed by atoms with Crippen LogP contribution in [0.4, 0.5) is 9.18 Å². The molecule has 1 aliphatic carbocycles. The number of halogens is 1. The Hall–Kier alpha value is -3.47. The summed E-state index contributed by atoms with van der Waals surface area (Å²) in [6.07, 6.45) is 7.12. The molecule has 1 heterocycles. The summed E-state index contributed by atoms with van der Waals surface area (Å²) in [7, 11) is 1.67. The zero-order chi connectivity index (χ0) is 33.1. The van der Waals surface area contributed by atoms with Gasteiger partial charge in [0.1, 0.15) is 17.2 Å². The molecule has 1 aromatic carbocycles. The molecule has 1 aliphatic heterocycles. The van der Waals surface area contributed by atoms with E-state index in [1.54, 1.807) is 11.9 Å². The van der Waals surface area contributed by atoms with Gasteiger partial charge in [0.05, 0.1) is 11.8 Å². The number of likely N-dealkylation sites (tertiary alicyclic amines) is 1. The maximum atomic E-state index is 14.3. The van der Waals surface area contributed by atoms with Gasteiger partial charge in [-0.05, 0) is 111 Å². The minimum atomic E-state index is -0.516. The van der Waals surface area contributed by atoms with Gasteiger partial charge in [0.15, 0.2) is 11.6 Å². The van der Waals surface area contributed by atoms with Gasteiger partial charge in [-0.15, -0.1) is 0 Å². The fraction of sp³-hybridized carbons (Fsp3) is 0.647. The average molecular weight is 629 g/mol. The Labute approximate surface area is 268 Å². The molecule has 1 aromatic rings. The van der Waals surface area contributed by atoms with Crippen LogP contribution in [0.2, 0.25) is 0 Å². The molecular weight excluding hydrogens is 575 g/mol. The highest BCUT2D eigenvalue weighted by Crippen LogP contribution is 2.28. The summed E-state index contributed by atoms with van der Waals surface area (Å²) in [6.45, 7) is 18.4. The Balaban J connectivity index is 1.54. The van der Waals surface area contributed by atoms with Gasteiger partial charge in [0.2, 0.25) is 0 Å². The van der Waals surface area contributed by atoms with Gasteiger partial charge in [0, 0.05) is 51.4 Å². The number of benzene rings is 1. The first kappa shape index (κ1) is 36.0. The van der Waals surface area contributed by atoms with Crippen molar-refractivity contribution in [3.8, 4) is 5.75 Å². The highest BCUT2D eigenvalue weighted by molar-refractivity contribution is 5.99. The van der Waals surface area contributed by atoms with Gasteiger partial charge in [-0.2, -0.15) is 0 Å². The summed E-state index contributed by atoms with van der Waals surface area (Å²) in [4.78, 5) is 38.0. The van der Waals surface area contributed by atoms with Gasteiger partial charge >= 0.3 is 6.09 Å².